The second-order valence-electron chi connectivity index (χ2n) is 6.65. The van der Waals surface area contributed by atoms with Gasteiger partial charge in [-0.05, 0) is 17.7 Å². The summed E-state index contributed by atoms with van der Waals surface area (Å²) in [6.07, 6.45) is 1.82. The highest BCUT2D eigenvalue weighted by Gasteiger charge is 2.17. The first-order chi connectivity index (χ1) is 11.5. The molecule has 3 rings (SSSR count). The Kier molecular flexibility index (Phi) is 4.76. The van der Waals surface area contributed by atoms with Crippen LogP contribution in [0.25, 0.3) is 10.6 Å². The molecule has 122 valence electrons. The van der Waals surface area contributed by atoms with E-state index < -0.39 is 0 Å². The number of anilines is 1. The highest BCUT2D eigenvalue weighted by Crippen LogP contribution is 2.29. The fraction of sp³-hybridized carbons (Fsp3) is 0.200. The van der Waals surface area contributed by atoms with Crippen LogP contribution in [-0.4, -0.2) is 11.2 Å². The monoisotopic (exact) mass is 335 g/mol. The molecule has 0 bridgehead atoms. The molecule has 0 spiro atoms. The number of nitrogens with one attached hydrogen (secondary N) is 1. The quantitative estimate of drug-likeness (QED) is 0.501. The Labute approximate surface area is 147 Å². The highest BCUT2D eigenvalue weighted by atomic mass is 32.1. The largest absolute Gasteiger partial charge is 0.279 e. The first kappa shape index (κ1) is 16.4. The van der Waals surface area contributed by atoms with Gasteiger partial charge < -0.3 is 0 Å². The van der Waals surface area contributed by atoms with Gasteiger partial charge in [-0.2, -0.15) is 5.10 Å². The SMILES string of the molecule is CC(C)(C)c1csc(-c2ccc(C=NNc3ccccc3)cc2)n1. The van der Waals surface area contributed by atoms with Crippen LogP contribution < -0.4 is 5.43 Å². The van der Waals surface area contributed by atoms with E-state index in [2.05, 4.69) is 60.9 Å². The molecule has 1 heterocycles. The Bertz CT molecular complexity index is 812. The van der Waals surface area contributed by atoms with E-state index in [9.17, 15) is 0 Å². The van der Waals surface area contributed by atoms with Gasteiger partial charge in [0.2, 0.25) is 0 Å². The predicted molar refractivity (Wildman–Crippen MR) is 104 cm³/mol. The summed E-state index contributed by atoms with van der Waals surface area (Å²) < 4.78 is 0. The topological polar surface area (TPSA) is 37.3 Å². The molecule has 3 aromatic rings. The fourth-order valence-electron chi connectivity index (χ4n) is 2.16. The number of benzene rings is 2. The van der Waals surface area contributed by atoms with Crippen LogP contribution in [0.4, 0.5) is 5.69 Å². The van der Waals surface area contributed by atoms with E-state index in [1.54, 1.807) is 11.3 Å². The second kappa shape index (κ2) is 6.97. The summed E-state index contributed by atoms with van der Waals surface area (Å²) in [5.41, 5.74) is 7.41. The predicted octanol–water partition coefficient (Wildman–Crippen LogP) is 5.55. The first-order valence-corrected chi connectivity index (χ1v) is 8.81. The lowest BCUT2D eigenvalue weighted by Gasteiger charge is -2.14. The van der Waals surface area contributed by atoms with E-state index in [1.165, 1.54) is 0 Å². The minimum absolute atomic E-state index is 0.0878. The van der Waals surface area contributed by atoms with Crippen molar-refractivity contribution in [2.24, 2.45) is 5.10 Å². The van der Waals surface area contributed by atoms with E-state index in [4.69, 9.17) is 4.98 Å². The van der Waals surface area contributed by atoms with Crippen molar-refractivity contribution in [2.75, 3.05) is 5.43 Å². The zero-order valence-electron chi connectivity index (χ0n) is 14.2. The third-order valence-electron chi connectivity index (χ3n) is 3.61. The summed E-state index contributed by atoms with van der Waals surface area (Å²) in [6.45, 7) is 6.56. The zero-order chi connectivity index (χ0) is 17.0. The molecule has 0 unspecified atom stereocenters. The van der Waals surface area contributed by atoms with Gasteiger partial charge >= 0.3 is 0 Å². The molecule has 0 radical (unpaired) electrons. The Morgan fingerprint density at radius 3 is 2.33 bits per heavy atom. The highest BCUT2D eigenvalue weighted by molar-refractivity contribution is 7.13. The van der Waals surface area contributed by atoms with Crippen molar-refractivity contribution in [1.29, 1.82) is 0 Å². The Hall–Kier alpha value is -2.46. The van der Waals surface area contributed by atoms with E-state index in [1.807, 2.05) is 36.5 Å². The summed E-state index contributed by atoms with van der Waals surface area (Å²) >= 11 is 1.69. The average Bonchev–Trinajstić information content (AvgIpc) is 3.07. The van der Waals surface area contributed by atoms with Crippen molar-refractivity contribution in [1.82, 2.24) is 4.98 Å². The maximum Gasteiger partial charge on any atom is 0.123 e. The molecular formula is C20H21N3S. The number of hydrogen-bond donors (Lipinski definition) is 1. The van der Waals surface area contributed by atoms with Gasteiger partial charge in [-0.15, -0.1) is 11.3 Å². The Morgan fingerprint density at radius 2 is 1.71 bits per heavy atom. The lowest BCUT2D eigenvalue weighted by molar-refractivity contribution is 0.573. The molecule has 24 heavy (non-hydrogen) atoms. The van der Waals surface area contributed by atoms with Crippen LogP contribution >= 0.6 is 11.3 Å². The number of nitrogens with zero attached hydrogens (tertiary/aromatic N) is 2. The molecule has 0 amide bonds. The van der Waals surface area contributed by atoms with Gasteiger partial charge in [0.1, 0.15) is 5.01 Å². The number of hydrogen-bond acceptors (Lipinski definition) is 4. The zero-order valence-corrected chi connectivity index (χ0v) is 15.0. The van der Waals surface area contributed by atoms with E-state index >= 15 is 0 Å². The minimum Gasteiger partial charge on any atom is -0.279 e. The Balaban J connectivity index is 1.68. The van der Waals surface area contributed by atoms with E-state index in [-0.39, 0.29) is 5.41 Å². The van der Waals surface area contributed by atoms with Crippen LogP contribution in [0.1, 0.15) is 32.0 Å². The maximum atomic E-state index is 4.76. The molecule has 0 aliphatic heterocycles. The molecule has 0 saturated heterocycles. The van der Waals surface area contributed by atoms with Crippen molar-refractivity contribution >= 4 is 23.2 Å². The average molecular weight is 335 g/mol. The summed E-state index contributed by atoms with van der Waals surface area (Å²) in [5, 5.41) is 7.47. The third kappa shape index (κ3) is 4.09. The number of hydrazone groups is 1. The molecule has 0 aliphatic rings. The van der Waals surface area contributed by atoms with Gasteiger partial charge in [0, 0.05) is 16.4 Å². The summed E-state index contributed by atoms with van der Waals surface area (Å²) in [6, 6.07) is 18.2. The second-order valence-corrected chi connectivity index (χ2v) is 7.50. The molecule has 0 saturated carbocycles. The summed E-state index contributed by atoms with van der Waals surface area (Å²) in [7, 11) is 0. The number of rotatable bonds is 4. The fourth-order valence-corrected chi connectivity index (χ4v) is 3.21. The minimum atomic E-state index is 0.0878. The maximum absolute atomic E-state index is 4.76. The first-order valence-electron chi connectivity index (χ1n) is 7.93. The van der Waals surface area contributed by atoms with E-state index in [0.29, 0.717) is 0 Å². The molecule has 0 atom stereocenters. The van der Waals surface area contributed by atoms with Gasteiger partial charge in [0.15, 0.2) is 0 Å². The molecule has 1 N–H and O–H groups in total. The third-order valence-corrected chi connectivity index (χ3v) is 4.50. The number of thiazole rings is 1. The number of aromatic nitrogens is 1. The van der Waals surface area contributed by atoms with Crippen molar-refractivity contribution in [2.45, 2.75) is 26.2 Å². The normalized spacial score (nSPS) is 11.8. The van der Waals surface area contributed by atoms with Crippen molar-refractivity contribution in [3.05, 3.63) is 71.2 Å². The molecule has 4 heteroatoms. The van der Waals surface area contributed by atoms with Gasteiger partial charge in [-0.3, -0.25) is 5.43 Å². The van der Waals surface area contributed by atoms with Crippen molar-refractivity contribution < 1.29 is 0 Å². The molecule has 0 aliphatic carbocycles. The Morgan fingerprint density at radius 1 is 1.00 bits per heavy atom. The summed E-state index contributed by atoms with van der Waals surface area (Å²) in [5.74, 6) is 0. The number of para-hydroxylation sites is 1. The van der Waals surface area contributed by atoms with Crippen LogP contribution in [0.3, 0.4) is 0 Å². The molecule has 1 aromatic heterocycles. The van der Waals surface area contributed by atoms with Gasteiger partial charge in [-0.1, -0.05) is 63.2 Å². The lowest BCUT2D eigenvalue weighted by atomic mass is 9.93. The summed E-state index contributed by atoms with van der Waals surface area (Å²) in [4.78, 5) is 4.76. The molecule has 0 fully saturated rings. The van der Waals surface area contributed by atoms with Crippen LogP contribution in [0.5, 0.6) is 0 Å². The van der Waals surface area contributed by atoms with Gasteiger partial charge in [-0.25, -0.2) is 4.98 Å². The van der Waals surface area contributed by atoms with Gasteiger partial charge in [0.05, 0.1) is 17.6 Å². The molecule has 3 nitrogen and oxygen atoms in total. The van der Waals surface area contributed by atoms with Crippen molar-refractivity contribution in [3.63, 3.8) is 0 Å². The lowest BCUT2D eigenvalue weighted by Crippen LogP contribution is -2.11. The molecule has 2 aromatic carbocycles. The van der Waals surface area contributed by atoms with Crippen LogP contribution in [0.2, 0.25) is 0 Å². The van der Waals surface area contributed by atoms with Crippen molar-refractivity contribution in [3.8, 4) is 10.6 Å². The molecular weight excluding hydrogens is 314 g/mol. The van der Waals surface area contributed by atoms with Gasteiger partial charge in [0.25, 0.3) is 0 Å². The smallest absolute Gasteiger partial charge is 0.123 e. The van der Waals surface area contributed by atoms with E-state index in [0.717, 1.165) is 27.5 Å². The standard InChI is InChI=1S/C20H21N3S/c1-20(2,3)18-14-24-19(22-18)16-11-9-15(10-12-16)13-21-23-17-7-5-4-6-8-17/h4-14,23H,1-3H3. The van der Waals surface area contributed by atoms with Crippen LogP contribution in [0, 0.1) is 0 Å². The van der Waals surface area contributed by atoms with Crippen LogP contribution in [0.15, 0.2) is 65.1 Å². The van der Waals surface area contributed by atoms with Crippen LogP contribution in [-0.2, 0) is 5.41 Å².